The van der Waals surface area contributed by atoms with Crippen LogP contribution in [0.5, 0.6) is 0 Å². The SMILES string of the molecule is CN(C)[C@H](C(=O)O)C(Cl)c1ccccc1.Cl. The molecule has 0 aliphatic rings. The number of likely N-dealkylation sites (N-methyl/N-ethyl adjacent to an activating group) is 1. The lowest BCUT2D eigenvalue weighted by molar-refractivity contribution is -0.142. The molecular weight excluding hydrogens is 249 g/mol. The van der Waals surface area contributed by atoms with E-state index in [0.29, 0.717) is 0 Å². The van der Waals surface area contributed by atoms with Gasteiger partial charge >= 0.3 is 5.97 Å². The summed E-state index contributed by atoms with van der Waals surface area (Å²) in [4.78, 5) is 12.6. The number of rotatable bonds is 4. The molecule has 1 N–H and O–H groups in total. The fraction of sp³-hybridized carbons (Fsp3) is 0.364. The fourth-order valence-corrected chi connectivity index (χ4v) is 1.91. The highest BCUT2D eigenvalue weighted by Crippen LogP contribution is 2.26. The van der Waals surface area contributed by atoms with Gasteiger partial charge in [-0.05, 0) is 19.7 Å². The standard InChI is InChI=1S/C11H14ClNO2.ClH/c1-13(2)10(11(14)15)9(12)8-6-4-3-5-7-8;/h3-7,9-10H,1-2H3,(H,14,15);1H/t9?,10-;/m0./s1. The summed E-state index contributed by atoms with van der Waals surface area (Å²) in [5.41, 5.74) is 0.820. The van der Waals surface area contributed by atoms with Gasteiger partial charge in [-0.3, -0.25) is 9.69 Å². The first-order chi connectivity index (χ1) is 7.04. The van der Waals surface area contributed by atoms with E-state index in [0.717, 1.165) is 5.56 Å². The van der Waals surface area contributed by atoms with Crippen molar-refractivity contribution < 1.29 is 9.90 Å². The molecule has 90 valence electrons. The molecule has 0 heterocycles. The summed E-state index contributed by atoms with van der Waals surface area (Å²) >= 11 is 6.14. The molecule has 1 unspecified atom stereocenters. The Balaban J connectivity index is 0.00000225. The Hall–Kier alpha value is -0.770. The van der Waals surface area contributed by atoms with Crippen LogP contribution in [0.25, 0.3) is 0 Å². The van der Waals surface area contributed by atoms with E-state index in [1.807, 2.05) is 30.3 Å². The van der Waals surface area contributed by atoms with Gasteiger partial charge in [-0.25, -0.2) is 0 Å². The summed E-state index contributed by atoms with van der Waals surface area (Å²) in [7, 11) is 3.41. The lowest BCUT2D eigenvalue weighted by Gasteiger charge is -2.24. The Morgan fingerprint density at radius 3 is 2.19 bits per heavy atom. The molecule has 2 atom stereocenters. The molecule has 0 aliphatic carbocycles. The van der Waals surface area contributed by atoms with Gasteiger partial charge in [0.1, 0.15) is 6.04 Å². The minimum Gasteiger partial charge on any atom is -0.480 e. The number of halogens is 2. The van der Waals surface area contributed by atoms with Gasteiger partial charge < -0.3 is 5.11 Å². The average Bonchev–Trinajstić information content (AvgIpc) is 2.18. The predicted octanol–water partition coefficient (Wildman–Crippen LogP) is 2.40. The molecule has 0 saturated carbocycles. The molecule has 0 radical (unpaired) electrons. The van der Waals surface area contributed by atoms with Crippen LogP contribution in [0.4, 0.5) is 0 Å². The molecule has 0 spiro atoms. The second-order valence-corrected chi connectivity index (χ2v) is 4.03. The zero-order valence-electron chi connectivity index (χ0n) is 9.13. The van der Waals surface area contributed by atoms with Crippen LogP contribution < -0.4 is 0 Å². The van der Waals surface area contributed by atoms with E-state index in [4.69, 9.17) is 16.7 Å². The largest absolute Gasteiger partial charge is 0.480 e. The van der Waals surface area contributed by atoms with E-state index in [1.54, 1.807) is 19.0 Å². The summed E-state index contributed by atoms with van der Waals surface area (Å²) in [5.74, 6) is -0.913. The van der Waals surface area contributed by atoms with Crippen LogP contribution in [0.15, 0.2) is 30.3 Å². The number of nitrogens with zero attached hydrogens (tertiary/aromatic N) is 1. The van der Waals surface area contributed by atoms with Crippen LogP contribution in [-0.4, -0.2) is 36.1 Å². The van der Waals surface area contributed by atoms with Gasteiger partial charge in [-0.1, -0.05) is 30.3 Å². The maximum atomic E-state index is 11.0. The van der Waals surface area contributed by atoms with Crippen molar-refractivity contribution in [1.82, 2.24) is 4.90 Å². The minimum atomic E-state index is -0.913. The van der Waals surface area contributed by atoms with E-state index in [1.165, 1.54) is 0 Å². The number of aliphatic carboxylic acids is 1. The highest BCUT2D eigenvalue weighted by atomic mass is 35.5. The van der Waals surface area contributed by atoms with Gasteiger partial charge in [0, 0.05) is 0 Å². The third-order valence-corrected chi connectivity index (χ3v) is 2.70. The van der Waals surface area contributed by atoms with E-state index in [-0.39, 0.29) is 12.4 Å². The number of hydrogen-bond acceptors (Lipinski definition) is 2. The molecule has 3 nitrogen and oxygen atoms in total. The number of hydrogen-bond donors (Lipinski definition) is 1. The fourth-order valence-electron chi connectivity index (χ4n) is 1.43. The Morgan fingerprint density at radius 2 is 1.81 bits per heavy atom. The second kappa shape index (κ2) is 6.74. The monoisotopic (exact) mass is 263 g/mol. The average molecular weight is 264 g/mol. The van der Waals surface area contributed by atoms with Crippen molar-refractivity contribution in [2.24, 2.45) is 0 Å². The van der Waals surface area contributed by atoms with Gasteiger partial charge in [0.2, 0.25) is 0 Å². The van der Waals surface area contributed by atoms with E-state index >= 15 is 0 Å². The lowest BCUT2D eigenvalue weighted by Crippen LogP contribution is -2.39. The topological polar surface area (TPSA) is 40.5 Å². The molecule has 1 aromatic rings. The molecular formula is C11H15Cl2NO2. The number of carboxylic acid groups (broad SMARTS) is 1. The van der Waals surface area contributed by atoms with Crippen LogP contribution in [0.3, 0.4) is 0 Å². The Kier molecular flexibility index (Phi) is 6.41. The van der Waals surface area contributed by atoms with Crippen molar-refractivity contribution in [3.05, 3.63) is 35.9 Å². The first kappa shape index (κ1) is 15.2. The maximum absolute atomic E-state index is 11.0. The summed E-state index contributed by atoms with van der Waals surface area (Å²) in [6, 6.07) is 8.51. The molecule has 1 rings (SSSR count). The van der Waals surface area contributed by atoms with Gasteiger partial charge in [0.15, 0.2) is 0 Å². The zero-order valence-corrected chi connectivity index (χ0v) is 10.7. The normalized spacial score (nSPS) is 14.0. The molecule has 0 bridgehead atoms. The van der Waals surface area contributed by atoms with Gasteiger partial charge in [0.25, 0.3) is 0 Å². The van der Waals surface area contributed by atoms with E-state index < -0.39 is 17.4 Å². The molecule has 1 aromatic carbocycles. The van der Waals surface area contributed by atoms with Crippen molar-refractivity contribution in [2.75, 3.05) is 14.1 Å². The Bertz CT molecular complexity index is 330. The van der Waals surface area contributed by atoms with Crippen LogP contribution in [0.2, 0.25) is 0 Å². The molecule has 0 fully saturated rings. The maximum Gasteiger partial charge on any atom is 0.322 e. The molecule has 16 heavy (non-hydrogen) atoms. The van der Waals surface area contributed by atoms with Crippen molar-refractivity contribution in [1.29, 1.82) is 0 Å². The molecule has 0 amide bonds. The highest BCUT2D eigenvalue weighted by molar-refractivity contribution is 6.22. The van der Waals surface area contributed by atoms with Crippen LogP contribution in [-0.2, 0) is 4.79 Å². The molecule has 5 heteroatoms. The third kappa shape index (κ3) is 3.67. The molecule has 0 aromatic heterocycles. The van der Waals surface area contributed by atoms with Gasteiger partial charge in [-0.15, -0.1) is 24.0 Å². The summed E-state index contributed by atoms with van der Waals surface area (Å²) in [5, 5.41) is 8.51. The van der Waals surface area contributed by atoms with E-state index in [9.17, 15) is 4.79 Å². The summed E-state index contributed by atoms with van der Waals surface area (Å²) < 4.78 is 0. The van der Waals surface area contributed by atoms with Crippen molar-refractivity contribution in [3.63, 3.8) is 0 Å². The third-order valence-electron chi connectivity index (χ3n) is 2.20. The number of benzene rings is 1. The minimum absolute atomic E-state index is 0. The number of carbonyl (C=O) groups is 1. The molecule has 0 saturated heterocycles. The first-order valence-electron chi connectivity index (χ1n) is 4.62. The van der Waals surface area contributed by atoms with Crippen LogP contribution >= 0.6 is 24.0 Å². The first-order valence-corrected chi connectivity index (χ1v) is 5.06. The number of alkyl halides is 1. The van der Waals surface area contributed by atoms with Crippen LogP contribution in [0.1, 0.15) is 10.9 Å². The summed E-state index contributed by atoms with van der Waals surface area (Å²) in [6.07, 6.45) is 0. The highest BCUT2D eigenvalue weighted by Gasteiger charge is 2.29. The summed E-state index contributed by atoms with van der Waals surface area (Å²) in [6.45, 7) is 0. The van der Waals surface area contributed by atoms with Crippen molar-refractivity contribution in [2.45, 2.75) is 11.4 Å². The lowest BCUT2D eigenvalue weighted by atomic mass is 10.0. The molecule has 0 aliphatic heterocycles. The smallest absolute Gasteiger partial charge is 0.322 e. The van der Waals surface area contributed by atoms with Gasteiger partial charge in [0.05, 0.1) is 5.38 Å². The van der Waals surface area contributed by atoms with Gasteiger partial charge in [-0.2, -0.15) is 0 Å². The predicted molar refractivity (Wildman–Crippen MR) is 67.4 cm³/mol. The Morgan fingerprint density at radius 1 is 1.31 bits per heavy atom. The zero-order chi connectivity index (χ0) is 11.4. The van der Waals surface area contributed by atoms with Crippen LogP contribution in [0, 0.1) is 0 Å². The van der Waals surface area contributed by atoms with E-state index in [2.05, 4.69) is 0 Å². The number of carboxylic acids is 1. The van der Waals surface area contributed by atoms with Crippen molar-refractivity contribution >= 4 is 30.0 Å². The van der Waals surface area contributed by atoms with Crippen molar-refractivity contribution in [3.8, 4) is 0 Å². The second-order valence-electron chi connectivity index (χ2n) is 3.56. The Labute approximate surface area is 106 Å². The quantitative estimate of drug-likeness (QED) is 0.849.